The van der Waals surface area contributed by atoms with E-state index in [-0.39, 0.29) is 29.8 Å². The molecule has 2 unspecified atom stereocenters. The largest absolute Gasteiger partial charge is 0.418 e. The molecule has 0 aliphatic carbocycles. The number of pyridine rings is 1. The van der Waals surface area contributed by atoms with Crippen LogP contribution in [0.4, 0.5) is 18.9 Å². The molecule has 1 aliphatic heterocycles. The van der Waals surface area contributed by atoms with Crippen LogP contribution in [0, 0.1) is 5.92 Å². The summed E-state index contributed by atoms with van der Waals surface area (Å²) in [5, 5.41) is 13.2. The lowest BCUT2D eigenvalue weighted by molar-refractivity contribution is -0.136. The molecule has 158 valence electrons. The summed E-state index contributed by atoms with van der Waals surface area (Å²) in [5.41, 5.74) is -1.25. The highest BCUT2D eigenvalue weighted by Gasteiger charge is 2.35. The van der Waals surface area contributed by atoms with Crippen LogP contribution in [0.1, 0.15) is 39.2 Å². The molecule has 0 spiro atoms. The first-order valence-electron chi connectivity index (χ1n) is 9.65. The fraction of sp³-hybridized carbons (Fsp3) is 0.524. The van der Waals surface area contributed by atoms with Gasteiger partial charge in [-0.15, -0.1) is 0 Å². The summed E-state index contributed by atoms with van der Waals surface area (Å²) < 4.78 is 40.1. The minimum Gasteiger partial charge on any atom is -0.390 e. The average molecular weight is 409 g/mol. The summed E-state index contributed by atoms with van der Waals surface area (Å²) in [4.78, 5) is 18.2. The van der Waals surface area contributed by atoms with Crippen molar-refractivity contribution in [1.82, 2.24) is 10.3 Å². The maximum atomic E-state index is 13.4. The molecule has 1 fully saturated rings. The second-order valence-corrected chi connectivity index (χ2v) is 8.53. The van der Waals surface area contributed by atoms with Crippen molar-refractivity contribution >= 4 is 22.5 Å². The van der Waals surface area contributed by atoms with E-state index in [2.05, 4.69) is 10.3 Å². The minimum absolute atomic E-state index is 0.00892. The number of halogens is 3. The van der Waals surface area contributed by atoms with Crippen molar-refractivity contribution in [1.29, 1.82) is 0 Å². The van der Waals surface area contributed by atoms with Gasteiger partial charge < -0.3 is 15.3 Å². The third kappa shape index (κ3) is 5.18. The predicted octanol–water partition coefficient (Wildman–Crippen LogP) is 3.75. The fourth-order valence-electron chi connectivity index (χ4n) is 3.99. The van der Waals surface area contributed by atoms with Gasteiger partial charge in [-0.2, -0.15) is 13.2 Å². The Morgan fingerprint density at radius 1 is 1.28 bits per heavy atom. The smallest absolute Gasteiger partial charge is 0.390 e. The van der Waals surface area contributed by atoms with Crippen molar-refractivity contribution in [2.24, 2.45) is 5.92 Å². The zero-order valence-corrected chi connectivity index (χ0v) is 16.8. The lowest BCUT2D eigenvalue weighted by atomic mass is 9.94. The van der Waals surface area contributed by atoms with E-state index in [1.54, 1.807) is 26.0 Å². The summed E-state index contributed by atoms with van der Waals surface area (Å²) >= 11 is 0. The first kappa shape index (κ1) is 21.4. The Kier molecular flexibility index (Phi) is 5.76. The van der Waals surface area contributed by atoms with E-state index >= 15 is 0 Å². The third-order valence-corrected chi connectivity index (χ3v) is 5.01. The zero-order valence-electron chi connectivity index (χ0n) is 16.8. The molecule has 1 saturated heterocycles. The molecule has 5 nitrogen and oxygen atoms in total. The number of nitrogens with zero attached hydrogens (tertiary/aromatic N) is 2. The monoisotopic (exact) mass is 409 g/mol. The molecule has 1 aromatic heterocycles. The highest BCUT2D eigenvalue weighted by atomic mass is 19.4. The van der Waals surface area contributed by atoms with Gasteiger partial charge in [-0.05, 0) is 50.5 Å². The number of anilines is 1. The van der Waals surface area contributed by atoms with E-state index in [4.69, 9.17) is 0 Å². The van der Waals surface area contributed by atoms with E-state index < -0.39 is 17.3 Å². The van der Waals surface area contributed by atoms with Crippen LogP contribution in [0.15, 0.2) is 30.5 Å². The Labute approximate surface area is 167 Å². The quantitative estimate of drug-likeness (QED) is 0.807. The number of hydrogen-bond acceptors (Lipinski definition) is 4. The van der Waals surface area contributed by atoms with Crippen LogP contribution >= 0.6 is 0 Å². The van der Waals surface area contributed by atoms with Crippen molar-refractivity contribution in [3.63, 3.8) is 0 Å². The van der Waals surface area contributed by atoms with Crippen molar-refractivity contribution in [3.8, 4) is 0 Å². The van der Waals surface area contributed by atoms with E-state index in [0.717, 1.165) is 12.5 Å². The summed E-state index contributed by atoms with van der Waals surface area (Å²) in [7, 11) is 0. The first-order chi connectivity index (χ1) is 13.4. The van der Waals surface area contributed by atoms with Gasteiger partial charge in [-0.3, -0.25) is 9.78 Å². The molecule has 2 atom stereocenters. The first-order valence-corrected chi connectivity index (χ1v) is 9.65. The van der Waals surface area contributed by atoms with Crippen molar-refractivity contribution in [2.75, 3.05) is 18.0 Å². The number of carbonyl (C=O) groups is 1. The third-order valence-electron chi connectivity index (χ3n) is 5.01. The Morgan fingerprint density at radius 2 is 2.00 bits per heavy atom. The highest BCUT2D eigenvalue weighted by Crippen LogP contribution is 2.38. The summed E-state index contributed by atoms with van der Waals surface area (Å²) in [6, 6.07) is 5.69. The van der Waals surface area contributed by atoms with Crippen LogP contribution in [-0.2, 0) is 11.0 Å². The van der Waals surface area contributed by atoms with Gasteiger partial charge in [-0.25, -0.2) is 0 Å². The van der Waals surface area contributed by atoms with Gasteiger partial charge in [0.05, 0.1) is 23.1 Å². The highest BCUT2D eigenvalue weighted by molar-refractivity contribution is 5.94. The number of carbonyl (C=O) groups excluding carboxylic acids is 1. The summed E-state index contributed by atoms with van der Waals surface area (Å²) in [6.07, 6.45) is -2.36. The molecule has 0 radical (unpaired) electrons. The zero-order chi connectivity index (χ0) is 21.4. The number of aliphatic hydroxyl groups is 1. The Bertz CT molecular complexity index is 893. The van der Waals surface area contributed by atoms with Crippen molar-refractivity contribution in [2.45, 2.75) is 51.4 Å². The van der Waals surface area contributed by atoms with Crippen molar-refractivity contribution < 1.29 is 23.1 Å². The number of piperidine rings is 1. The standard InChI is InChI=1S/C21H26F3N3O2/c1-13-9-14(26-18(28)10-20(2,3)29)12-27(11-13)17-7-6-16(21(22,23)24)19-15(17)5-4-8-25-19/h4-8,13-14,29H,9-12H2,1-3H3,(H,26,28). The fourth-order valence-corrected chi connectivity index (χ4v) is 3.99. The number of amides is 1. The number of alkyl halides is 3. The summed E-state index contributed by atoms with van der Waals surface area (Å²) in [6.45, 7) is 6.35. The van der Waals surface area contributed by atoms with Gasteiger partial charge in [0.25, 0.3) is 0 Å². The van der Waals surface area contributed by atoms with Gasteiger partial charge in [0.15, 0.2) is 0 Å². The molecule has 2 N–H and O–H groups in total. The van der Waals surface area contributed by atoms with Crippen molar-refractivity contribution in [3.05, 3.63) is 36.0 Å². The van der Waals surface area contributed by atoms with Crippen LogP contribution in [0.25, 0.3) is 10.9 Å². The van der Waals surface area contributed by atoms with Crippen LogP contribution in [0.3, 0.4) is 0 Å². The number of rotatable bonds is 4. The molecule has 0 bridgehead atoms. The number of aromatic nitrogens is 1. The van der Waals surface area contributed by atoms with Crippen LogP contribution in [-0.4, -0.2) is 40.7 Å². The van der Waals surface area contributed by atoms with Crippen LogP contribution < -0.4 is 10.2 Å². The second kappa shape index (κ2) is 7.82. The predicted molar refractivity (Wildman–Crippen MR) is 106 cm³/mol. The number of benzene rings is 1. The molecule has 2 aromatic rings. The molecule has 1 aliphatic rings. The number of nitrogens with one attached hydrogen (secondary N) is 1. The molecule has 1 aromatic carbocycles. The van der Waals surface area contributed by atoms with Gasteiger partial charge in [-0.1, -0.05) is 6.92 Å². The molecular weight excluding hydrogens is 383 g/mol. The normalized spacial score (nSPS) is 20.7. The average Bonchev–Trinajstić information content (AvgIpc) is 2.57. The Morgan fingerprint density at radius 3 is 2.66 bits per heavy atom. The lowest BCUT2D eigenvalue weighted by Crippen LogP contribution is -2.51. The maximum absolute atomic E-state index is 13.4. The van der Waals surface area contributed by atoms with Crippen LogP contribution in [0.2, 0.25) is 0 Å². The Hall–Kier alpha value is -2.35. The lowest BCUT2D eigenvalue weighted by Gasteiger charge is -2.39. The maximum Gasteiger partial charge on any atom is 0.418 e. The Balaban J connectivity index is 1.88. The number of fused-ring (bicyclic) bond motifs is 1. The SMILES string of the molecule is CC1CC(NC(=O)CC(C)(C)O)CN(c2ccc(C(F)(F)F)c3ncccc23)C1. The molecule has 1 amide bonds. The van der Waals surface area contributed by atoms with E-state index in [9.17, 15) is 23.1 Å². The molecule has 0 saturated carbocycles. The molecule has 3 rings (SSSR count). The van der Waals surface area contributed by atoms with Gasteiger partial charge in [0.1, 0.15) is 0 Å². The topological polar surface area (TPSA) is 65.5 Å². The van der Waals surface area contributed by atoms with Crippen LogP contribution in [0.5, 0.6) is 0 Å². The summed E-state index contributed by atoms with van der Waals surface area (Å²) in [5.74, 6) is 0.000643. The van der Waals surface area contributed by atoms with E-state index in [1.165, 1.54) is 12.3 Å². The van der Waals surface area contributed by atoms with E-state index in [0.29, 0.717) is 24.2 Å². The van der Waals surface area contributed by atoms with E-state index in [1.807, 2.05) is 11.8 Å². The van der Waals surface area contributed by atoms with Gasteiger partial charge in [0.2, 0.25) is 5.91 Å². The minimum atomic E-state index is -4.48. The van der Waals surface area contributed by atoms with Gasteiger partial charge >= 0.3 is 6.18 Å². The number of hydrogen-bond donors (Lipinski definition) is 2. The molecule has 8 heteroatoms. The second-order valence-electron chi connectivity index (χ2n) is 8.53. The molecule has 29 heavy (non-hydrogen) atoms. The van der Waals surface area contributed by atoms with Gasteiger partial charge in [0, 0.05) is 36.4 Å². The molecule has 2 heterocycles. The molecular formula is C21H26F3N3O2.